The highest BCUT2D eigenvalue weighted by molar-refractivity contribution is 7.92. The SMILES string of the molecule is CN(Cc1cccc2ccccc12)C(=O)c1ccc(NS(=O)(=O)c2ccccc2)cc1. The van der Waals surface area contributed by atoms with Crippen LogP contribution in [0.15, 0.2) is 102 Å². The molecule has 4 rings (SSSR count). The van der Waals surface area contributed by atoms with Gasteiger partial charge in [0.25, 0.3) is 15.9 Å². The van der Waals surface area contributed by atoms with Crippen LogP contribution in [0.1, 0.15) is 15.9 Å². The molecule has 0 saturated carbocycles. The lowest BCUT2D eigenvalue weighted by Crippen LogP contribution is -2.26. The Morgan fingerprint density at radius 2 is 1.45 bits per heavy atom. The molecule has 5 nitrogen and oxygen atoms in total. The van der Waals surface area contributed by atoms with E-state index in [9.17, 15) is 13.2 Å². The number of carbonyl (C=O) groups excluding carboxylic acids is 1. The number of benzene rings is 4. The number of rotatable bonds is 6. The summed E-state index contributed by atoms with van der Waals surface area (Å²) in [6.07, 6.45) is 0. The van der Waals surface area contributed by atoms with Gasteiger partial charge in [-0.25, -0.2) is 8.42 Å². The Hall–Kier alpha value is -3.64. The summed E-state index contributed by atoms with van der Waals surface area (Å²) >= 11 is 0. The van der Waals surface area contributed by atoms with Gasteiger partial charge in [0.2, 0.25) is 0 Å². The zero-order valence-electron chi connectivity index (χ0n) is 17.0. The van der Waals surface area contributed by atoms with Crippen LogP contribution in [-0.4, -0.2) is 26.3 Å². The van der Waals surface area contributed by atoms with Crippen LogP contribution < -0.4 is 4.72 Å². The second-order valence-electron chi connectivity index (χ2n) is 7.30. The lowest BCUT2D eigenvalue weighted by atomic mass is 10.0. The van der Waals surface area contributed by atoms with Gasteiger partial charge in [0.1, 0.15) is 0 Å². The van der Waals surface area contributed by atoms with Crippen LogP contribution in [0.3, 0.4) is 0 Å². The average molecular weight is 431 g/mol. The number of nitrogens with zero attached hydrogens (tertiary/aromatic N) is 1. The van der Waals surface area contributed by atoms with Gasteiger partial charge < -0.3 is 4.90 Å². The molecule has 0 fully saturated rings. The highest BCUT2D eigenvalue weighted by Gasteiger charge is 2.16. The molecule has 31 heavy (non-hydrogen) atoms. The summed E-state index contributed by atoms with van der Waals surface area (Å²) in [6.45, 7) is 0.475. The van der Waals surface area contributed by atoms with Gasteiger partial charge >= 0.3 is 0 Å². The highest BCUT2D eigenvalue weighted by Crippen LogP contribution is 2.21. The first-order valence-corrected chi connectivity index (χ1v) is 11.3. The number of carbonyl (C=O) groups is 1. The smallest absolute Gasteiger partial charge is 0.261 e. The molecule has 4 aromatic rings. The van der Waals surface area contributed by atoms with Crippen LogP contribution in [0.4, 0.5) is 5.69 Å². The molecule has 0 aliphatic rings. The Balaban J connectivity index is 1.48. The molecule has 0 spiro atoms. The van der Waals surface area contributed by atoms with Gasteiger partial charge in [-0.15, -0.1) is 0 Å². The van der Waals surface area contributed by atoms with Gasteiger partial charge in [-0.1, -0.05) is 60.7 Å². The van der Waals surface area contributed by atoms with Crippen LogP contribution in [0.2, 0.25) is 0 Å². The van der Waals surface area contributed by atoms with Crippen LogP contribution in [0.25, 0.3) is 10.8 Å². The first-order chi connectivity index (χ1) is 14.9. The van der Waals surface area contributed by atoms with Crippen LogP contribution in [0.5, 0.6) is 0 Å². The van der Waals surface area contributed by atoms with E-state index in [1.165, 1.54) is 12.1 Å². The molecule has 0 bridgehead atoms. The van der Waals surface area contributed by atoms with Crippen LogP contribution >= 0.6 is 0 Å². The molecule has 0 aromatic heterocycles. The Labute approximate surface area is 182 Å². The second kappa shape index (κ2) is 8.62. The zero-order chi connectivity index (χ0) is 21.8. The minimum Gasteiger partial charge on any atom is -0.337 e. The fraction of sp³-hybridized carbons (Fsp3) is 0.0800. The summed E-state index contributed by atoms with van der Waals surface area (Å²) in [5, 5.41) is 2.26. The van der Waals surface area contributed by atoms with E-state index < -0.39 is 10.0 Å². The number of fused-ring (bicyclic) bond motifs is 1. The molecule has 0 heterocycles. The van der Waals surface area contributed by atoms with E-state index in [1.807, 2.05) is 24.3 Å². The van der Waals surface area contributed by atoms with E-state index in [0.29, 0.717) is 17.8 Å². The Bertz CT molecular complexity index is 1310. The van der Waals surface area contributed by atoms with Crippen molar-refractivity contribution in [1.29, 1.82) is 0 Å². The highest BCUT2D eigenvalue weighted by atomic mass is 32.2. The van der Waals surface area contributed by atoms with Crippen molar-refractivity contribution in [3.05, 3.63) is 108 Å². The van der Waals surface area contributed by atoms with E-state index in [2.05, 4.69) is 22.9 Å². The van der Waals surface area contributed by atoms with Gasteiger partial charge in [0.05, 0.1) is 4.90 Å². The van der Waals surface area contributed by atoms with Gasteiger partial charge in [0.15, 0.2) is 0 Å². The molecular weight excluding hydrogens is 408 g/mol. The number of amides is 1. The van der Waals surface area contributed by atoms with E-state index in [0.717, 1.165) is 16.3 Å². The van der Waals surface area contributed by atoms with Crippen molar-refractivity contribution in [2.45, 2.75) is 11.4 Å². The van der Waals surface area contributed by atoms with Crippen molar-refractivity contribution in [1.82, 2.24) is 4.90 Å². The predicted molar refractivity (Wildman–Crippen MR) is 123 cm³/mol. The van der Waals surface area contributed by atoms with E-state index in [4.69, 9.17) is 0 Å². The summed E-state index contributed by atoms with van der Waals surface area (Å²) in [6, 6.07) is 28.8. The number of nitrogens with one attached hydrogen (secondary N) is 1. The van der Waals surface area contributed by atoms with Crippen molar-refractivity contribution >= 4 is 32.4 Å². The van der Waals surface area contributed by atoms with Crippen LogP contribution in [-0.2, 0) is 16.6 Å². The number of hydrogen-bond donors (Lipinski definition) is 1. The fourth-order valence-corrected chi connectivity index (χ4v) is 4.55. The lowest BCUT2D eigenvalue weighted by Gasteiger charge is -2.19. The van der Waals surface area contributed by atoms with Crippen molar-refractivity contribution < 1.29 is 13.2 Å². The van der Waals surface area contributed by atoms with Gasteiger partial charge in [-0.3, -0.25) is 9.52 Å². The third-order valence-corrected chi connectivity index (χ3v) is 6.47. The average Bonchev–Trinajstić information content (AvgIpc) is 2.80. The normalized spacial score (nSPS) is 11.3. The first kappa shape index (κ1) is 20.6. The van der Waals surface area contributed by atoms with Crippen molar-refractivity contribution in [3.8, 4) is 0 Å². The summed E-state index contributed by atoms with van der Waals surface area (Å²) < 4.78 is 27.4. The molecule has 1 amide bonds. The maximum atomic E-state index is 12.9. The minimum absolute atomic E-state index is 0.134. The lowest BCUT2D eigenvalue weighted by molar-refractivity contribution is 0.0785. The molecule has 6 heteroatoms. The number of anilines is 1. The molecular formula is C25H22N2O3S. The third-order valence-electron chi connectivity index (χ3n) is 5.07. The molecule has 0 radical (unpaired) electrons. The first-order valence-electron chi connectivity index (χ1n) is 9.84. The maximum absolute atomic E-state index is 12.9. The molecule has 1 N–H and O–H groups in total. The summed E-state index contributed by atoms with van der Waals surface area (Å²) in [7, 11) is -1.91. The zero-order valence-corrected chi connectivity index (χ0v) is 17.8. The third kappa shape index (κ3) is 4.59. The van der Waals surface area contributed by atoms with E-state index >= 15 is 0 Å². The quantitative estimate of drug-likeness (QED) is 0.472. The number of hydrogen-bond acceptors (Lipinski definition) is 3. The Morgan fingerprint density at radius 1 is 0.806 bits per heavy atom. The molecule has 0 aliphatic heterocycles. The standard InChI is InChI=1S/C25H22N2O3S/c1-27(18-21-10-7-9-19-8-5-6-13-24(19)21)25(28)20-14-16-22(17-15-20)26-31(29,30)23-11-3-2-4-12-23/h2-17,26H,18H2,1H3. The molecule has 156 valence electrons. The van der Waals surface area contributed by atoms with Crippen molar-refractivity contribution in [3.63, 3.8) is 0 Å². The topological polar surface area (TPSA) is 66.5 Å². The maximum Gasteiger partial charge on any atom is 0.261 e. The Morgan fingerprint density at radius 3 is 2.19 bits per heavy atom. The summed E-state index contributed by atoms with van der Waals surface area (Å²) in [5.41, 5.74) is 1.96. The van der Waals surface area contributed by atoms with Crippen molar-refractivity contribution in [2.24, 2.45) is 0 Å². The predicted octanol–water partition coefficient (Wildman–Crippen LogP) is 4.91. The van der Waals surface area contributed by atoms with E-state index in [1.54, 1.807) is 54.4 Å². The van der Waals surface area contributed by atoms with Crippen LogP contribution in [0, 0.1) is 0 Å². The second-order valence-corrected chi connectivity index (χ2v) is 8.98. The number of sulfonamides is 1. The Kier molecular flexibility index (Phi) is 5.73. The van der Waals surface area contributed by atoms with Gasteiger partial charge in [0, 0.05) is 24.8 Å². The van der Waals surface area contributed by atoms with Gasteiger partial charge in [-0.05, 0) is 52.7 Å². The minimum atomic E-state index is -3.67. The fourth-order valence-electron chi connectivity index (χ4n) is 3.47. The molecule has 0 atom stereocenters. The molecule has 0 unspecified atom stereocenters. The molecule has 0 saturated heterocycles. The molecule has 4 aromatic carbocycles. The van der Waals surface area contributed by atoms with Crippen molar-refractivity contribution in [2.75, 3.05) is 11.8 Å². The molecule has 0 aliphatic carbocycles. The van der Waals surface area contributed by atoms with Gasteiger partial charge in [-0.2, -0.15) is 0 Å². The summed E-state index contributed by atoms with van der Waals surface area (Å²) in [4.78, 5) is 14.7. The monoisotopic (exact) mass is 430 g/mol. The van der Waals surface area contributed by atoms with E-state index in [-0.39, 0.29) is 10.8 Å². The largest absolute Gasteiger partial charge is 0.337 e. The summed E-state index contributed by atoms with van der Waals surface area (Å²) in [5.74, 6) is -0.134.